The van der Waals surface area contributed by atoms with Gasteiger partial charge in [0.25, 0.3) is 5.91 Å². The van der Waals surface area contributed by atoms with E-state index in [1.54, 1.807) is 4.57 Å². The Hall–Kier alpha value is -1.34. The van der Waals surface area contributed by atoms with Crippen molar-refractivity contribution in [3.05, 3.63) is 18.0 Å². The largest absolute Gasteiger partial charge is 0.350 e. The van der Waals surface area contributed by atoms with Gasteiger partial charge in [-0.15, -0.1) is 0 Å². The highest BCUT2D eigenvalue weighted by Crippen LogP contribution is 2.34. The topological polar surface area (TPSA) is 94.2 Å². The predicted octanol–water partition coefficient (Wildman–Crippen LogP) is 1.00. The number of nitrogens with two attached hydrogens (primary N) is 1. The second kappa shape index (κ2) is 4.89. The first-order chi connectivity index (χ1) is 9.45. The van der Waals surface area contributed by atoms with Gasteiger partial charge in [0.15, 0.2) is 0 Å². The maximum absolute atomic E-state index is 12.2. The van der Waals surface area contributed by atoms with E-state index < -0.39 is 10.0 Å². The molecule has 0 atom stereocenters. The van der Waals surface area contributed by atoms with Crippen LogP contribution in [-0.2, 0) is 10.0 Å². The zero-order valence-electron chi connectivity index (χ0n) is 11.2. The highest BCUT2D eigenvalue weighted by molar-refractivity contribution is 7.89. The van der Waals surface area contributed by atoms with Gasteiger partial charge in [0.2, 0.25) is 10.0 Å². The zero-order valence-corrected chi connectivity index (χ0v) is 12.0. The molecule has 2 aliphatic rings. The van der Waals surface area contributed by atoms with Crippen molar-refractivity contribution in [3.63, 3.8) is 0 Å². The molecule has 1 heterocycles. The van der Waals surface area contributed by atoms with Crippen LogP contribution >= 0.6 is 0 Å². The summed E-state index contributed by atoms with van der Waals surface area (Å²) in [6, 6.07) is 1.60. The molecule has 0 unspecified atom stereocenters. The van der Waals surface area contributed by atoms with Gasteiger partial charge >= 0.3 is 0 Å². The van der Waals surface area contributed by atoms with Gasteiger partial charge in [-0.2, -0.15) is 0 Å². The number of aromatic nitrogens is 1. The quantitative estimate of drug-likeness (QED) is 0.849. The number of rotatable bonds is 5. The van der Waals surface area contributed by atoms with Gasteiger partial charge in [0.05, 0.1) is 0 Å². The Kier molecular flexibility index (Phi) is 3.33. The first-order valence-corrected chi connectivity index (χ1v) is 8.52. The molecule has 1 aromatic rings. The normalized spacial score (nSPS) is 19.6. The van der Waals surface area contributed by atoms with Crippen LogP contribution in [0.4, 0.5) is 0 Å². The van der Waals surface area contributed by atoms with E-state index in [2.05, 4.69) is 5.32 Å². The lowest BCUT2D eigenvalue weighted by Crippen LogP contribution is -2.29. The average molecular weight is 297 g/mol. The summed E-state index contributed by atoms with van der Waals surface area (Å²) in [5.41, 5.74) is 0.402. The molecule has 0 bridgehead atoms. The van der Waals surface area contributed by atoms with Crippen LogP contribution in [0.2, 0.25) is 0 Å². The Morgan fingerprint density at radius 3 is 2.55 bits per heavy atom. The number of amides is 1. The minimum atomic E-state index is -3.78. The molecule has 2 aliphatic carbocycles. The lowest BCUT2D eigenvalue weighted by atomic mass is 9.93. The van der Waals surface area contributed by atoms with Crippen molar-refractivity contribution in [2.45, 2.75) is 43.0 Å². The number of hydrogen-bond donors (Lipinski definition) is 2. The van der Waals surface area contributed by atoms with Crippen LogP contribution in [0.25, 0.3) is 0 Å². The lowest BCUT2D eigenvalue weighted by molar-refractivity contribution is 0.0936. The van der Waals surface area contributed by atoms with Gasteiger partial charge in [0.1, 0.15) is 10.6 Å². The van der Waals surface area contributed by atoms with E-state index in [1.807, 2.05) is 0 Å². The number of nitrogens with zero attached hydrogens (tertiary/aromatic N) is 1. The fourth-order valence-corrected chi connectivity index (χ4v) is 2.94. The highest BCUT2D eigenvalue weighted by Gasteiger charge is 2.28. The summed E-state index contributed by atoms with van der Waals surface area (Å²) in [5, 5.41) is 8.03. The molecule has 0 aromatic carbocycles. The van der Waals surface area contributed by atoms with E-state index in [4.69, 9.17) is 5.14 Å². The van der Waals surface area contributed by atoms with Gasteiger partial charge in [0, 0.05) is 18.8 Å². The second-order valence-corrected chi connectivity index (χ2v) is 7.31. The summed E-state index contributed by atoms with van der Waals surface area (Å²) in [6.45, 7) is 0.666. The lowest BCUT2D eigenvalue weighted by Gasteiger charge is -2.28. The van der Waals surface area contributed by atoms with Crippen LogP contribution in [0.15, 0.2) is 17.2 Å². The second-order valence-electron chi connectivity index (χ2n) is 5.75. The Bertz CT molecular complexity index is 627. The third-order valence-electron chi connectivity index (χ3n) is 4.10. The SMILES string of the molecule is NS(=O)(=O)c1cc(C(=O)NCC2CC2)n(C2CCC2)c1. The van der Waals surface area contributed by atoms with E-state index >= 15 is 0 Å². The van der Waals surface area contributed by atoms with Crippen molar-refractivity contribution in [2.24, 2.45) is 11.1 Å². The predicted molar refractivity (Wildman–Crippen MR) is 73.8 cm³/mol. The Labute approximate surface area is 118 Å². The molecule has 2 fully saturated rings. The molecule has 0 aliphatic heterocycles. The number of hydrogen-bond acceptors (Lipinski definition) is 3. The molecule has 0 saturated heterocycles. The number of carbonyl (C=O) groups excluding carboxylic acids is 1. The van der Waals surface area contributed by atoms with E-state index in [1.165, 1.54) is 12.3 Å². The van der Waals surface area contributed by atoms with E-state index in [0.29, 0.717) is 18.2 Å². The standard InChI is InChI=1S/C13H19N3O3S/c14-20(18,19)11-6-12(13(17)15-7-9-4-5-9)16(8-11)10-2-1-3-10/h6,8-10H,1-5,7H2,(H,15,17)(H2,14,18,19). The van der Waals surface area contributed by atoms with Crippen molar-refractivity contribution in [1.82, 2.24) is 9.88 Å². The van der Waals surface area contributed by atoms with Gasteiger partial charge in [-0.1, -0.05) is 0 Å². The fourth-order valence-electron chi connectivity index (χ4n) is 2.41. The maximum atomic E-state index is 12.2. The molecule has 7 heteroatoms. The molecule has 0 spiro atoms. The monoisotopic (exact) mass is 297 g/mol. The third kappa shape index (κ3) is 2.73. The summed E-state index contributed by atoms with van der Waals surface area (Å²) in [4.78, 5) is 12.2. The average Bonchev–Trinajstić information content (AvgIpc) is 3.02. The third-order valence-corrected chi connectivity index (χ3v) is 4.98. The smallest absolute Gasteiger partial charge is 0.267 e. The molecule has 3 N–H and O–H groups in total. The fraction of sp³-hybridized carbons (Fsp3) is 0.615. The Morgan fingerprint density at radius 1 is 1.35 bits per heavy atom. The molecule has 20 heavy (non-hydrogen) atoms. The molecular formula is C13H19N3O3S. The van der Waals surface area contributed by atoms with Gasteiger partial charge in [-0.05, 0) is 44.1 Å². The van der Waals surface area contributed by atoms with Crippen LogP contribution in [0.3, 0.4) is 0 Å². The summed E-state index contributed by atoms with van der Waals surface area (Å²) in [7, 11) is -3.78. The van der Waals surface area contributed by atoms with Gasteiger partial charge in [-0.25, -0.2) is 13.6 Å². The maximum Gasteiger partial charge on any atom is 0.267 e. The Morgan fingerprint density at radius 2 is 2.05 bits per heavy atom. The minimum Gasteiger partial charge on any atom is -0.350 e. The van der Waals surface area contributed by atoms with Crippen LogP contribution in [-0.4, -0.2) is 25.4 Å². The summed E-state index contributed by atoms with van der Waals surface area (Å²) in [6.07, 6.45) is 6.86. The number of carbonyl (C=O) groups is 1. The summed E-state index contributed by atoms with van der Waals surface area (Å²) in [5.74, 6) is 0.377. The van der Waals surface area contributed by atoms with Crippen molar-refractivity contribution < 1.29 is 13.2 Å². The zero-order chi connectivity index (χ0) is 14.3. The highest BCUT2D eigenvalue weighted by atomic mass is 32.2. The molecule has 110 valence electrons. The first kappa shape index (κ1) is 13.6. The summed E-state index contributed by atoms with van der Waals surface area (Å²) < 4.78 is 24.7. The molecule has 3 rings (SSSR count). The van der Waals surface area contributed by atoms with Crippen molar-refractivity contribution in [1.29, 1.82) is 0 Å². The molecular weight excluding hydrogens is 278 g/mol. The molecule has 0 radical (unpaired) electrons. The minimum absolute atomic E-state index is 0.0148. The number of sulfonamides is 1. The van der Waals surface area contributed by atoms with Gasteiger partial charge in [-0.3, -0.25) is 4.79 Å². The van der Waals surface area contributed by atoms with E-state index in [9.17, 15) is 13.2 Å². The van der Waals surface area contributed by atoms with Crippen molar-refractivity contribution in [3.8, 4) is 0 Å². The van der Waals surface area contributed by atoms with Crippen LogP contribution in [0.1, 0.15) is 48.6 Å². The Balaban J connectivity index is 1.85. The summed E-state index contributed by atoms with van der Waals surface area (Å²) >= 11 is 0. The van der Waals surface area contributed by atoms with Crippen molar-refractivity contribution >= 4 is 15.9 Å². The van der Waals surface area contributed by atoms with Gasteiger partial charge < -0.3 is 9.88 Å². The molecule has 1 amide bonds. The van der Waals surface area contributed by atoms with Crippen molar-refractivity contribution in [2.75, 3.05) is 6.54 Å². The van der Waals surface area contributed by atoms with E-state index in [-0.39, 0.29) is 16.8 Å². The number of primary sulfonamides is 1. The van der Waals surface area contributed by atoms with Crippen LogP contribution in [0.5, 0.6) is 0 Å². The number of nitrogens with one attached hydrogen (secondary N) is 1. The van der Waals surface area contributed by atoms with Crippen LogP contribution < -0.4 is 10.5 Å². The van der Waals surface area contributed by atoms with Crippen LogP contribution in [0, 0.1) is 5.92 Å². The molecule has 6 nitrogen and oxygen atoms in total. The first-order valence-electron chi connectivity index (χ1n) is 6.98. The molecule has 1 aromatic heterocycles. The van der Waals surface area contributed by atoms with E-state index in [0.717, 1.165) is 32.1 Å². The molecule has 2 saturated carbocycles.